The van der Waals surface area contributed by atoms with Crippen LogP contribution in [-0.2, 0) is 11.2 Å². The third-order valence-corrected chi connectivity index (χ3v) is 4.21. The number of anilines is 1. The highest BCUT2D eigenvalue weighted by Gasteiger charge is 2.39. The molecule has 3 amide bonds. The van der Waals surface area contributed by atoms with Gasteiger partial charge in [0.05, 0.1) is 5.56 Å². The number of benzene rings is 1. The zero-order valence-corrected chi connectivity index (χ0v) is 12.2. The molecular formula is C17H13N3O3. The Morgan fingerprint density at radius 2 is 1.91 bits per heavy atom. The summed E-state index contributed by atoms with van der Waals surface area (Å²) in [4.78, 5) is 43.7. The van der Waals surface area contributed by atoms with Gasteiger partial charge in [-0.3, -0.25) is 24.3 Å². The molecule has 0 saturated heterocycles. The monoisotopic (exact) mass is 307 g/mol. The third-order valence-electron chi connectivity index (χ3n) is 4.21. The number of carbonyl (C=O) groups is 3. The van der Waals surface area contributed by atoms with Crippen molar-refractivity contribution < 1.29 is 14.4 Å². The maximum Gasteiger partial charge on any atom is 0.280 e. The number of imide groups is 1. The van der Waals surface area contributed by atoms with Crippen LogP contribution in [0.15, 0.2) is 42.6 Å². The van der Waals surface area contributed by atoms with E-state index in [1.165, 1.54) is 6.20 Å². The van der Waals surface area contributed by atoms with E-state index in [4.69, 9.17) is 0 Å². The number of rotatable bonds is 2. The predicted molar refractivity (Wildman–Crippen MR) is 82.1 cm³/mol. The summed E-state index contributed by atoms with van der Waals surface area (Å²) in [6.45, 7) is 0.308. The summed E-state index contributed by atoms with van der Waals surface area (Å²) >= 11 is 0. The molecule has 6 heteroatoms. The molecule has 0 bridgehead atoms. The summed E-state index contributed by atoms with van der Waals surface area (Å²) < 4.78 is 0. The third kappa shape index (κ3) is 2.03. The number of hydrogen-bond acceptors (Lipinski definition) is 4. The first kappa shape index (κ1) is 13.6. The lowest BCUT2D eigenvalue weighted by Crippen LogP contribution is -2.42. The molecule has 0 radical (unpaired) electrons. The molecule has 114 valence electrons. The van der Waals surface area contributed by atoms with Gasteiger partial charge in [-0.2, -0.15) is 0 Å². The molecule has 23 heavy (non-hydrogen) atoms. The summed E-state index contributed by atoms with van der Waals surface area (Å²) in [6.07, 6.45) is 2.25. The van der Waals surface area contributed by atoms with Crippen LogP contribution in [0, 0.1) is 0 Å². The zero-order chi connectivity index (χ0) is 16.0. The zero-order valence-electron chi connectivity index (χ0n) is 12.2. The van der Waals surface area contributed by atoms with Crippen LogP contribution >= 0.6 is 0 Å². The van der Waals surface area contributed by atoms with Crippen molar-refractivity contribution in [3.05, 3.63) is 59.4 Å². The Kier molecular flexibility index (Phi) is 2.97. The fourth-order valence-electron chi connectivity index (χ4n) is 3.08. The van der Waals surface area contributed by atoms with E-state index in [2.05, 4.69) is 4.98 Å². The fraction of sp³-hybridized carbons (Fsp3) is 0.176. The molecule has 0 saturated carbocycles. The average Bonchev–Trinajstić information content (AvgIpc) is 3.11. The number of aromatic nitrogens is 1. The first-order chi connectivity index (χ1) is 11.2. The minimum Gasteiger partial charge on any atom is -0.310 e. The van der Waals surface area contributed by atoms with Crippen LogP contribution in [0.1, 0.15) is 26.4 Å². The number of amides is 3. The molecule has 0 fully saturated rings. The lowest BCUT2D eigenvalue weighted by Gasteiger charge is -2.20. The average molecular weight is 307 g/mol. The first-order valence-electron chi connectivity index (χ1n) is 7.36. The van der Waals surface area contributed by atoms with Crippen LogP contribution < -0.4 is 4.90 Å². The quantitative estimate of drug-likeness (QED) is 0.783. The van der Waals surface area contributed by atoms with E-state index in [1.54, 1.807) is 17.0 Å². The van der Waals surface area contributed by atoms with Gasteiger partial charge in [0.15, 0.2) is 0 Å². The Bertz CT molecular complexity index is 811. The second-order valence-corrected chi connectivity index (χ2v) is 5.52. The van der Waals surface area contributed by atoms with Crippen LogP contribution in [0.25, 0.3) is 0 Å². The Balaban J connectivity index is 1.57. The maximum atomic E-state index is 12.6. The summed E-state index contributed by atoms with van der Waals surface area (Å²) in [6, 6.07) is 10.8. The number of para-hydroxylation sites is 1. The lowest BCUT2D eigenvalue weighted by atomic mass is 10.2. The molecule has 2 aromatic rings. The van der Waals surface area contributed by atoms with E-state index in [0.29, 0.717) is 6.54 Å². The Hall–Kier alpha value is -3.02. The Labute approximate surface area is 132 Å². The van der Waals surface area contributed by atoms with Crippen molar-refractivity contribution >= 4 is 23.4 Å². The van der Waals surface area contributed by atoms with E-state index in [0.717, 1.165) is 22.6 Å². The van der Waals surface area contributed by atoms with Gasteiger partial charge >= 0.3 is 0 Å². The van der Waals surface area contributed by atoms with Crippen molar-refractivity contribution in [3.8, 4) is 0 Å². The molecule has 4 rings (SSSR count). The smallest absolute Gasteiger partial charge is 0.280 e. The van der Waals surface area contributed by atoms with Gasteiger partial charge in [-0.05, 0) is 30.2 Å². The normalized spacial score (nSPS) is 15.8. The highest BCUT2D eigenvalue weighted by atomic mass is 16.2. The minimum atomic E-state index is -0.508. The second kappa shape index (κ2) is 5.01. The van der Waals surface area contributed by atoms with Gasteiger partial charge in [0.2, 0.25) is 5.91 Å². The van der Waals surface area contributed by atoms with Crippen LogP contribution in [0.5, 0.6) is 0 Å². The van der Waals surface area contributed by atoms with Crippen LogP contribution in [-0.4, -0.2) is 40.7 Å². The van der Waals surface area contributed by atoms with Gasteiger partial charge in [-0.25, -0.2) is 0 Å². The number of nitrogens with zero attached hydrogens (tertiary/aromatic N) is 3. The second-order valence-electron chi connectivity index (χ2n) is 5.52. The van der Waals surface area contributed by atoms with E-state index in [9.17, 15) is 14.4 Å². The van der Waals surface area contributed by atoms with Gasteiger partial charge in [0, 0.05) is 18.4 Å². The Morgan fingerprint density at radius 3 is 2.74 bits per heavy atom. The van der Waals surface area contributed by atoms with Crippen molar-refractivity contribution in [3.63, 3.8) is 0 Å². The number of hydrogen-bond donors (Lipinski definition) is 0. The van der Waals surface area contributed by atoms with Crippen molar-refractivity contribution in [2.75, 3.05) is 18.0 Å². The van der Waals surface area contributed by atoms with Gasteiger partial charge < -0.3 is 4.90 Å². The molecule has 2 aliphatic heterocycles. The molecule has 0 unspecified atom stereocenters. The summed E-state index contributed by atoms with van der Waals surface area (Å²) in [5.41, 5.74) is 2.33. The standard InChI is InChI=1S/C17H13N3O3/c21-14(19-9-7-11-4-1-2-6-13(11)19)10-20-16(22)12-5-3-8-18-15(12)17(20)23/h1-6,8H,7,9-10H2. The molecule has 0 spiro atoms. The lowest BCUT2D eigenvalue weighted by molar-refractivity contribution is -0.118. The predicted octanol–water partition coefficient (Wildman–Crippen LogP) is 1.27. The SMILES string of the molecule is O=C1c2cccnc2C(=O)N1CC(=O)N1CCc2ccccc21. The van der Waals surface area contributed by atoms with Gasteiger partial charge in [0.1, 0.15) is 12.2 Å². The molecule has 0 atom stereocenters. The summed E-state index contributed by atoms with van der Waals surface area (Å²) in [5.74, 6) is -1.23. The van der Waals surface area contributed by atoms with Crippen LogP contribution in [0.2, 0.25) is 0 Å². The Morgan fingerprint density at radius 1 is 1.09 bits per heavy atom. The molecule has 1 aromatic heterocycles. The van der Waals surface area contributed by atoms with Crippen molar-refractivity contribution in [1.29, 1.82) is 0 Å². The van der Waals surface area contributed by atoms with Crippen LogP contribution in [0.3, 0.4) is 0 Å². The van der Waals surface area contributed by atoms with Gasteiger partial charge in [-0.15, -0.1) is 0 Å². The minimum absolute atomic E-state index is 0.118. The van der Waals surface area contributed by atoms with E-state index in [-0.39, 0.29) is 23.7 Å². The molecule has 0 aliphatic carbocycles. The van der Waals surface area contributed by atoms with Gasteiger partial charge in [-0.1, -0.05) is 18.2 Å². The number of fused-ring (bicyclic) bond motifs is 2. The largest absolute Gasteiger partial charge is 0.310 e. The van der Waals surface area contributed by atoms with Crippen molar-refractivity contribution in [1.82, 2.24) is 9.88 Å². The van der Waals surface area contributed by atoms with Crippen LogP contribution in [0.4, 0.5) is 5.69 Å². The molecule has 1 aromatic carbocycles. The molecule has 0 N–H and O–H groups in total. The molecule has 3 heterocycles. The van der Waals surface area contributed by atoms with E-state index < -0.39 is 11.8 Å². The highest BCUT2D eigenvalue weighted by Crippen LogP contribution is 2.28. The fourth-order valence-corrected chi connectivity index (χ4v) is 3.08. The van der Waals surface area contributed by atoms with E-state index in [1.807, 2.05) is 24.3 Å². The number of carbonyl (C=O) groups excluding carboxylic acids is 3. The number of pyridine rings is 1. The highest BCUT2D eigenvalue weighted by molar-refractivity contribution is 6.21. The van der Waals surface area contributed by atoms with Crippen molar-refractivity contribution in [2.45, 2.75) is 6.42 Å². The van der Waals surface area contributed by atoms with E-state index >= 15 is 0 Å². The topological polar surface area (TPSA) is 70.6 Å². The molecular weight excluding hydrogens is 294 g/mol. The summed E-state index contributed by atoms with van der Waals surface area (Å²) in [7, 11) is 0. The maximum absolute atomic E-state index is 12.6. The molecule has 2 aliphatic rings. The van der Waals surface area contributed by atoms with Gasteiger partial charge in [0.25, 0.3) is 11.8 Å². The summed E-state index contributed by atoms with van der Waals surface area (Å²) in [5, 5.41) is 0. The van der Waals surface area contributed by atoms with Crippen molar-refractivity contribution in [2.24, 2.45) is 0 Å². The first-order valence-corrected chi connectivity index (χ1v) is 7.36. The molecule has 6 nitrogen and oxygen atoms in total.